The summed E-state index contributed by atoms with van der Waals surface area (Å²) < 4.78 is 0. The summed E-state index contributed by atoms with van der Waals surface area (Å²) in [5.74, 6) is 0.771. The number of fused-ring (bicyclic) bond motifs is 1. The van der Waals surface area contributed by atoms with E-state index in [0.29, 0.717) is 12.1 Å². The van der Waals surface area contributed by atoms with Crippen LogP contribution in [0.3, 0.4) is 0 Å². The van der Waals surface area contributed by atoms with Gasteiger partial charge < -0.3 is 15.2 Å². The highest BCUT2D eigenvalue weighted by Crippen LogP contribution is 2.31. The van der Waals surface area contributed by atoms with Crippen molar-refractivity contribution in [1.82, 2.24) is 10.3 Å². The molecular formula is C32H30ClN3OS. The largest absolute Gasteiger partial charge is 0.378 e. The number of carbonyl (C=O) groups is 1. The van der Waals surface area contributed by atoms with Crippen molar-refractivity contribution in [2.75, 3.05) is 25.5 Å². The third kappa shape index (κ3) is 6.07. The molecule has 0 aliphatic carbocycles. The highest BCUT2D eigenvalue weighted by Gasteiger charge is 2.20. The van der Waals surface area contributed by atoms with Gasteiger partial charge in [0.25, 0.3) is 5.91 Å². The SMILES string of the molecule is CN(C)c1ccc([C@@H](CNC(=O)c2ccc(CSc3ccc(Cl)cc3)cc2)c2c[nH]c3ccccc23)cc1. The molecular weight excluding hydrogens is 510 g/mol. The van der Waals surface area contributed by atoms with Gasteiger partial charge in [0.2, 0.25) is 0 Å². The minimum absolute atomic E-state index is 0.0151. The van der Waals surface area contributed by atoms with Gasteiger partial charge in [-0.2, -0.15) is 0 Å². The Bertz CT molecular complexity index is 1510. The summed E-state index contributed by atoms with van der Waals surface area (Å²) in [6, 6.07) is 32.5. The van der Waals surface area contributed by atoms with Crippen molar-refractivity contribution in [3.8, 4) is 0 Å². The quantitative estimate of drug-likeness (QED) is 0.188. The van der Waals surface area contributed by atoms with Gasteiger partial charge in [-0.15, -0.1) is 11.8 Å². The van der Waals surface area contributed by atoms with Crippen molar-refractivity contribution in [2.45, 2.75) is 16.6 Å². The van der Waals surface area contributed by atoms with E-state index in [4.69, 9.17) is 11.6 Å². The van der Waals surface area contributed by atoms with Crippen LogP contribution < -0.4 is 10.2 Å². The standard InChI is InChI=1S/C32H30ClN3OS/c1-36(2)26-15-11-23(12-16-26)29(30-20-34-31-6-4-3-5-28(30)31)19-35-32(37)24-9-7-22(8-10-24)21-38-27-17-13-25(33)14-18-27/h3-18,20,29,34H,19,21H2,1-2H3,(H,35,37)/t29-/m1/s1. The molecule has 4 aromatic carbocycles. The number of para-hydroxylation sites is 1. The van der Waals surface area contributed by atoms with E-state index in [9.17, 15) is 4.79 Å². The van der Waals surface area contributed by atoms with E-state index in [1.807, 2.05) is 68.7 Å². The van der Waals surface area contributed by atoms with E-state index in [-0.39, 0.29) is 11.8 Å². The Balaban J connectivity index is 1.29. The number of aromatic amines is 1. The molecule has 0 saturated heterocycles. The fraction of sp³-hybridized carbons (Fsp3) is 0.156. The molecule has 192 valence electrons. The Hall–Kier alpha value is -3.67. The Kier molecular flexibility index (Phi) is 8.06. The van der Waals surface area contributed by atoms with Gasteiger partial charge in [0.1, 0.15) is 0 Å². The molecule has 0 aliphatic heterocycles. The first kappa shape index (κ1) is 26.0. The van der Waals surface area contributed by atoms with Crippen LogP contribution in [0.2, 0.25) is 5.02 Å². The van der Waals surface area contributed by atoms with Gasteiger partial charge in [0.15, 0.2) is 0 Å². The lowest BCUT2D eigenvalue weighted by Crippen LogP contribution is -2.29. The van der Waals surface area contributed by atoms with Gasteiger partial charge >= 0.3 is 0 Å². The van der Waals surface area contributed by atoms with Gasteiger partial charge in [-0.3, -0.25) is 4.79 Å². The van der Waals surface area contributed by atoms with Crippen LogP contribution in [-0.2, 0) is 5.75 Å². The van der Waals surface area contributed by atoms with E-state index in [1.54, 1.807) is 11.8 Å². The first-order chi connectivity index (χ1) is 18.5. The number of nitrogens with one attached hydrogen (secondary N) is 2. The zero-order valence-electron chi connectivity index (χ0n) is 21.4. The number of rotatable bonds is 9. The predicted octanol–water partition coefficient (Wildman–Crippen LogP) is 7.74. The van der Waals surface area contributed by atoms with Gasteiger partial charge in [0.05, 0.1) is 0 Å². The number of H-pyrrole nitrogens is 1. The summed E-state index contributed by atoms with van der Waals surface area (Å²) in [4.78, 5) is 19.8. The van der Waals surface area contributed by atoms with Crippen molar-refractivity contribution >= 4 is 45.9 Å². The van der Waals surface area contributed by atoms with Crippen LogP contribution in [0.1, 0.15) is 33.0 Å². The number of anilines is 1. The normalized spacial score (nSPS) is 11.9. The maximum Gasteiger partial charge on any atom is 0.251 e. The summed E-state index contributed by atoms with van der Waals surface area (Å²) in [5, 5.41) is 5.10. The molecule has 0 spiro atoms. The molecule has 6 heteroatoms. The second-order valence-electron chi connectivity index (χ2n) is 9.48. The molecule has 1 aromatic heterocycles. The molecule has 1 amide bonds. The number of halogens is 1. The second-order valence-corrected chi connectivity index (χ2v) is 11.0. The van der Waals surface area contributed by atoms with Crippen LogP contribution in [0.4, 0.5) is 5.69 Å². The highest BCUT2D eigenvalue weighted by molar-refractivity contribution is 7.98. The van der Waals surface area contributed by atoms with Gasteiger partial charge in [-0.25, -0.2) is 0 Å². The van der Waals surface area contributed by atoms with Crippen LogP contribution in [0.25, 0.3) is 10.9 Å². The number of carbonyl (C=O) groups excluding carboxylic acids is 1. The van der Waals surface area contributed by atoms with Crippen molar-refractivity contribution in [3.63, 3.8) is 0 Å². The van der Waals surface area contributed by atoms with Crippen molar-refractivity contribution in [3.05, 3.63) is 131 Å². The molecule has 1 atom stereocenters. The molecule has 1 heterocycles. The van der Waals surface area contributed by atoms with E-state index >= 15 is 0 Å². The minimum Gasteiger partial charge on any atom is -0.378 e. The van der Waals surface area contributed by atoms with Gasteiger partial charge in [-0.1, -0.05) is 54.1 Å². The van der Waals surface area contributed by atoms with E-state index < -0.39 is 0 Å². The first-order valence-corrected chi connectivity index (χ1v) is 13.9. The summed E-state index contributed by atoms with van der Waals surface area (Å²) in [6.07, 6.45) is 2.06. The van der Waals surface area contributed by atoms with Crippen molar-refractivity contribution in [1.29, 1.82) is 0 Å². The molecule has 5 aromatic rings. The summed E-state index contributed by atoms with van der Waals surface area (Å²) in [7, 11) is 4.07. The number of hydrogen-bond donors (Lipinski definition) is 2. The van der Waals surface area contributed by atoms with Gasteiger partial charge in [0, 0.05) is 70.6 Å². The van der Waals surface area contributed by atoms with Crippen LogP contribution in [0.15, 0.2) is 108 Å². The number of thioether (sulfide) groups is 1. The highest BCUT2D eigenvalue weighted by atomic mass is 35.5. The predicted molar refractivity (Wildman–Crippen MR) is 161 cm³/mol. The number of benzene rings is 4. The van der Waals surface area contributed by atoms with Crippen LogP contribution in [0, 0.1) is 0 Å². The molecule has 38 heavy (non-hydrogen) atoms. The lowest BCUT2D eigenvalue weighted by molar-refractivity contribution is 0.0952. The molecule has 0 bridgehead atoms. The molecule has 0 fully saturated rings. The van der Waals surface area contributed by atoms with Crippen molar-refractivity contribution in [2.24, 2.45) is 0 Å². The van der Waals surface area contributed by atoms with E-state index in [0.717, 1.165) is 32.4 Å². The van der Waals surface area contributed by atoms with Crippen LogP contribution in [0.5, 0.6) is 0 Å². The average Bonchev–Trinajstić information content (AvgIpc) is 3.37. The van der Waals surface area contributed by atoms with Crippen molar-refractivity contribution < 1.29 is 4.79 Å². The van der Waals surface area contributed by atoms with E-state index in [2.05, 4.69) is 63.9 Å². The molecule has 0 radical (unpaired) electrons. The molecule has 2 N–H and O–H groups in total. The zero-order valence-corrected chi connectivity index (χ0v) is 23.0. The molecule has 0 unspecified atom stereocenters. The Labute approximate surface area is 233 Å². The Morgan fingerprint density at radius 3 is 2.34 bits per heavy atom. The zero-order chi connectivity index (χ0) is 26.5. The second kappa shape index (κ2) is 11.8. The maximum absolute atomic E-state index is 13.1. The Morgan fingerprint density at radius 2 is 1.63 bits per heavy atom. The number of amides is 1. The third-order valence-electron chi connectivity index (χ3n) is 6.71. The third-order valence-corrected chi connectivity index (χ3v) is 8.05. The summed E-state index contributed by atoms with van der Waals surface area (Å²) >= 11 is 7.72. The monoisotopic (exact) mass is 539 g/mol. The number of aromatic nitrogens is 1. The average molecular weight is 540 g/mol. The summed E-state index contributed by atoms with van der Waals surface area (Å²) in [5.41, 5.74) is 6.40. The minimum atomic E-state index is -0.0725. The smallest absolute Gasteiger partial charge is 0.251 e. The molecule has 0 aliphatic rings. The fourth-order valence-electron chi connectivity index (χ4n) is 4.54. The lowest BCUT2D eigenvalue weighted by Gasteiger charge is -2.20. The first-order valence-electron chi connectivity index (χ1n) is 12.6. The molecule has 0 saturated carbocycles. The summed E-state index contributed by atoms with van der Waals surface area (Å²) in [6.45, 7) is 0.496. The topological polar surface area (TPSA) is 48.1 Å². The molecule has 4 nitrogen and oxygen atoms in total. The van der Waals surface area contributed by atoms with Crippen LogP contribution >= 0.6 is 23.4 Å². The maximum atomic E-state index is 13.1. The lowest BCUT2D eigenvalue weighted by atomic mass is 9.90. The molecule has 5 rings (SSSR count). The van der Waals surface area contributed by atoms with Gasteiger partial charge in [-0.05, 0) is 71.3 Å². The van der Waals surface area contributed by atoms with Crippen LogP contribution in [-0.4, -0.2) is 31.5 Å². The number of nitrogens with zero attached hydrogens (tertiary/aromatic N) is 1. The van der Waals surface area contributed by atoms with E-state index in [1.165, 1.54) is 16.5 Å². The Morgan fingerprint density at radius 1 is 0.921 bits per heavy atom. The fourth-order valence-corrected chi connectivity index (χ4v) is 5.52. The number of hydrogen-bond acceptors (Lipinski definition) is 3.